The monoisotopic (exact) mass is 238 g/mol. The highest BCUT2D eigenvalue weighted by Crippen LogP contribution is 2.18. The van der Waals surface area contributed by atoms with E-state index in [0.29, 0.717) is 12.2 Å². The molecule has 0 radical (unpaired) electrons. The molecule has 0 aliphatic rings. The number of halogens is 2. The molecule has 1 heterocycles. The first-order valence-corrected chi connectivity index (χ1v) is 5.11. The number of aryl methyl sites for hydroxylation is 1. The first-order chi connectivity index (χ1) is 8.08. The molecule has 0 saturated heterocycles. The molecule has 0 aliphatic heterocycles. The Hall–Kier alpha value is -1.82. The molecule has 2 N–H and O–H groups in total. The summed E-state index contributed by atoms with van der Waals surface area (Å²) in [6.07, 6.45) is 1.75. The summed E-state index contributed by atoms with van der Waals surface area (Å²) in [6, 6.07) is 2.80. The summed E-state index contributed by atoms with van der Waals surface area (Å²) in [5, 5.41) is 3.90. The van der Waals surface area contributed by atoms with Crippen LogP contribution in [0.1, 0.15) is 17.4 Å². The molecule has 2 rings (SSSR count). The van der Waals surface area contributed by atoms with Crippen molar-refractivity contribution in [1.29, 1.82) is 0 Å². The Bertz CT molecular complexity index is 524. The summed E-state index contributed by atoms with van der Waals surface area (Å²) in [5.74, 6) is -0.599. The molecule has 1 aromatic carbocycles. The number of benzene rings is 1. The van der Waals surface area contributed by atoms with Gasteiger partial charge in [0.2, 0.25) is 0 Å². The maximum Gasteiger partial charge on any atom is 0.138 e. The Morgan fingerprint density at radius 1 is 1.41 bits per heavy atom. The van der Waals surface area contributed by atoms with Gasteiger partial charge in [-0.05, 0) is 6.07 Å². The maximum absolute atomic E-state index is 13.5. The van der Waals surface area contributed by atoms with E-state index in [1.807, 2.05) is 0 Å². The normalized spacial score (nSPS) is 12.7. The van der Waals surface area contributed by atoms with E-state index in [2.05, 4.69) is 10.1 Å². The van der Waals surface area contributed by atoms with Gasteiger partial charge in [0.15, 0.2) is 0 Å². The molecule has 1 unspecified atom stereocenters. The van der Waals surface area contributed by atoms with Crippen molar-refractivity contribution < 1.29 is 8.78 Å². The van der Waals surface area contributed by atoms with Crippen molar-refractivity contribution in [1.82, 2.24) is 14.8 Å². The van der Waals surface area contributed by atoms with Crippen LogP contribution in [0.15, 0.2) is 24.5 Å². The van der Waals surface area contributed by atoms with Crippen LogP contribution in [0.3, 0.4) is 0 Å². The second-order valence-corrected chi connectivity index (χ2v) is 3.78. The van der Waals surface area contributed by atoms with Gasteiger partial charge < -0.3 is 5.73 Å². The summed E-state index contributed by atoms with van der Waals surface area (Å²) in [6.45, 7) is 0. The van der Waals surface area contributed by atoms with Crippen LogP contribution in [0.2, 0.25) is 0 Å². The molecule has 6 heteroatoms. The summed E-state index contributed by atoms with van der Waals surface area (Å²) in [5.41, 5.74) is 6.14. The molecule has 1 aromatic heterocycles. The number of hydrogen-bond donors (Lipinski definition) is 1. The quantitative estimate of drug-likeness (QED) is 0.877. The van der Waals surface area contributed by atoms with Crippen LogP contribution in [-0.4, -0.2) is 14.8 Å². The highest BCUT2D eigenvalue weighted by atomic mass is 19.1. The van der Waals surface area contributed by atoms with E-state index in [4.69, 9.17) is 5.73 Å². The van der Waals surface area contributed by atoms with Crippen LogP contribution in [0.25, 0.3) is 0 Å². The van der Waals surface area contributed by atoms with E-state index >= 15 is 0 Å². The molecule has 0 spiro atoms. The van der Waals surface area contributed by atoms with E-state index in [-0.39, 0.29) is 5.56 Å². The average Bonchev–Trinajstić information content (AvgIpc) is 2.64. The number of nitrogens with two attached hydrogens (primary N) is 1. The van der Waals surface area contributed by atoms with Crippen LogP contribution in [-0.2, 0) is 13.5 Å². The molecule has 0 saturated carbocycles. The van der Waals surface area contributed by atoms with Crippen molar-refractivity contribution >= 4 is 0 Å². The molecule has 4 nitrogen and oxygen atoms in total. The van der Waals surface area contributed by atoms with Crippen LogP contribution in [0, 0.1) is 11.6 Å². The topological polar surface area (TPSA) is 56.7 Å². The lowest BCUT2D eigenvalue weighted by Gasteiger charge is -2.12. The molecule has 0 amide bonds. The fourth-order valence-electron chi connectivity index (χ4n) is 1.61. The lowest BCUT2D eigenvalue weighted by atomic mass is 10.0. The Morgan fingerprint density at radius 2 is 2.18 bits per heavy atom. The van der Waals surface area contributed by atoms with Gasteiger partial charge in [-0.2, -0.15) is 5.10 Å². The van der Waals surface area contributed by atoms with Crippen LogP contribution in [0.5, 0.6) is 0 Å². The van der Waals surface area contributed by atoms with Gasteiger partial charge >= 0.3 is 0 Å². The van der Waals surface area contributed by atoms with Crippen LogP contribution < -0.4 is 5.73 Å². The second kappa shape index (κ2) is 4.58. The third kappa shape index (κ3) is 2.47. The van der Waals surface area contributed by atoms with Gasteiger partial charge in [0, 0.05) is 31.1 Å². The van der Waals surface area contributed by atoms with Crippen LogP contribution in [0.4, 0.5) is 8.78 Å². The van der Waals surface area contributed by atoms with Crippen molar-refractivity contribution in [3.63, 3.8) is 0 Å². The van der Waals surface area contributed by atoms with Gasteiger partial charge in [-0.15, -0.1) is 0 Å². The molecule has 1 atom stereocenters. The van der Waals surface area contributed by atoms with E-state index < -0.39 is 17.7 Å². The Labute approximate surface area is 97.1 Å². The van der Waals surface area contributed by atoms with Gasteiger partial charge in [-0.3, -0.25) is 4.68 Å². The van der Waals surface area contributed by atoms with Crippen molar-refractivity contribution in [2.45, 2.75) is 12.5 Å². The number of nitrogens with zero attached hydrogens (tertiary/aromatic N) is 3. The number of hydrogen-bond acceptors (Lipinski definition) is 3. The van der Waals surface area contributed by atoms with Gasteiger partial charge in [0.05, 0.1) is 0 Å². The fraction of sp³-hybridized carbons (Fsp3) is 0.273. The minimum atomic E-state index is -0.639. The number of aromatic nitrogens is 3. The zero-order chi connectivity index (χ0) is 12.4. The zero-order valence-corrected chi connectivity index (χ0v) is 9.27. The van der Waals surface area contributed by atoms with E-state index in [9.17, 15) is 8.78 Å². The summed E-state index contributed by atoms with van der Waals surface area (Å²) < 4.78 is 27.8. The molecule has 0 aliphatic carbocycles. The third-order valence-corrected chi connectivity index (χ3v) is 2.57. The lowest BCUT2D eigenvalue weighted by molar-refractivity contribution is 0.545. The predicted octanol–water partition coefficient (Wildman–Crippen LogP) is 1.34. The van der Waals surface area contributed by atoms with Gasteiger partial charge in [-0.1, -0.05) is 6.07 Å². The molecular weight excluding hydrogens is 226 g/mol. The standard InChI is InChI=1S/C11H12F2N4/c1-17-11(15-6-16-17)5-10(14)8-3-2-7(12)4-9(8)13/h2-4,6,10H,5,14H2,1H3. The molecule has 0 fully saturated rings. The fourth-order valence-corrected chi connectivity index (χ4v) is 1.61. The largest absolute Gasteiger partial charge is 0.323 e. The Morgan fingerprint density at radius 3 is 2.76 bits per heavy atom. The summed E-state index contributed by atoms with van der Waals surface area (Å²) in [4.78, 5) is 4.00. The highest BCUT2D eigenvalue weighted by Gasteiger charge is 2.15. The summed E-state index contributed by atoms with van der Waals surface area (Å²) >= 11 is 0. The van der Waals surface area contributed by atoms with Crippen molar-refractivity contribution in [2.75, 3.05) is 0 Å². The van der Waals surface area contributed by atoms with Gasteiger partial charge in [0.1, 0.15) is 23.8 Å². The molecule has 90 valence electrons. The first kappa shape index (κ1) is 11.7. The zero-order valence-electron chi connectivity index (χ0n) is 9.27. The van der Waals surface area contributed by atoms with Crippen LogP contribution >= 0.6 is 0 Å². The smallest absolute Gasteiger partial charge is 0.138 e. The first-order valence-electron chi connectivity index (χ1n) is 5.11. The predicted molar refractivity (Wildman–Crippen MR) is 58.0 cm³/mol. The summed E-state index contributed by atoms with van der Waals surface area (Å²) in [7, 11) is 1.73. The third-order valence-electron chi connectivity index (χ3n) is 2.57. The van der Waals surface area contributed by atoms with Crippen molar-refractivity contribution in [3.8, 4) is 0 Å². The van der Waals surface area contributed by atoms with Gasteiger partial charge in [0.25, 0.3) is 0 Å². The molecule has 17 heavy (non-hydrogen) atoms. The van der Waals surface area contributed by atoms with E-state index in [0.717, 1.165) is 6.07 Å². The second-order valence-electron chi connectivity index (χ2n) is 3.78. The Kier molecular flexibility index (Phi) is 3.14. The minimum absolute atomic E-state index is 0.273. The van der Waals surface area contributed by atoms with Crippen molar-refractivity contribution in [2.24, 2.45) is 12.8 Å². The van der Waals surface area contributed by atoms with E-state index in [1.165, 1.54) is 18.5 Å². The van der Waals surface area contributed by atoms with Crippen molar-refractivity contribution in [3.05, 3.63) is 47.5 Å². The molecule has 2 aromatic rings. The SMILES string of the molecule is Cn1ncnc1CC(N)c1ccc(F)cc1F. The molecular formula is C11H12F2N4. The lowest BCUT2D eigenvalue weighted by Crippen LogP contribution is -2.17. The Balaban J connectivity index is 2.20. The number of rotatable bonds is 3. The van der Waals surface area contributed by atoms with Gasteiger partial charge in [-0.25, -0.2) is 13.8 Å². The molecule has 0 bridgehead atoms. The minimum Gasteiger partial charge on any atom is -0.323 e. The maximum atomic E-state index is 13.5. The van der Waals surface area contributed by atoms with E-state index in [1.54, 1.807) is 11.7 Å². The highest BCUT2D eigenvalue weighted by molar-refractivity contribution is 5.22. The average molecular weight is 238 g/mol.